The summed E-state index contributed by atoms with van der Waals surface area (Å²) in [4.78, 5) is 0. The fourth-order valence-electron chi connectivity index (χ4n) is 4.09. The Bertz CT molecular complexity index is 1200. The average molecular weight is 456 g/mol. The van der Waals surface area contributed by atoms with Crippen LogP contribution in [0.25, 0.3) is 0 Å². The van der Waals surface area contributed by atoms with Crippen LogP contribution in [-0.4, -0.2) is 40.9 Å². The molecule has 0 radical (unpaired) electrons. The van der Waals surface area contributed by atoms with Crippen LogP contribution in [0.1, 0.15) is 50.1 Å². The molecule has 0 fully saturated rings. The largest absolute Gasteiger partial charge is 0.507 e. The van der Waals surface area contributed by atoms with Crippen LogP contribution in [0.5, 0.6) is 28.7 Å². The van der Waals surface area contributed by atoms with Gasteiger partial charge in [-0.25, -0.2) is 0 Å². The monoisotopic (exact) mass is 456 g/mol. The molecule has 0 aliphatic rings. The SMILES string of the molecule is Cc1cc(Cc2cc(C)c(O)c(CO)c2O)c(O)c(Cc2cc(CO)c(O)c(CO)c2O)c1. The summed E-state index contributed by atoms with van der Waals surface area (Å²) < 4.78 is 0. The van der Waals surface area contributed by atoms with Crippen LogP contribution in [0.4, 0.5) is 0 Å². The van der Waals surface area contributed by atoms with Gasteiger partial charge in [-0.15, -0.1) is 0 Å². The van der Waals surface area contributed by atoms with Crippen LogP contribution < -0.4 is 0 Å². The van der Waals surface area contributed by atoms with Crippen LogP contribution in [0.3, 0.4) is 0 Å². The quantitative estimate of drug-likeness (QED) is 0.269. The fourth-order valence-corrected chi connectivity index (χ4v) is 4.09. The first-order valence-corrected chi connectivity index (χ1v) is 10.4. The molecule has 0 saturated heterocycles. The van der Waals surface area contributed by atoms with Crippen molar-refractivity contribution in [3.05, 3.63) is 74.3 Å². The molecule has 3 aromatic carbocycles. The van der Waals surface area contributed by atoms with E-state index in [2.05, 4.69) is 0 Å². The molecule has 0 aliphatic heterocycles. The number of aryl methyl sites for hydroxylation is 2. The number of benzene rings is 3. The van der Waals surface area contributed by atoms with Crippen molar-refractivity contribution in [3.63, 3.8) is 0 Å². The predicted octanol–water partition coefficient (Wildman–Crippen LogP) is 2.49. The van der Waals surface area contributed by atoms with Crippen LogP contribution >= 0.6 is 0 Å². The molecule has 0 amide bonds. The van der Waals surface area contributed by atoms with Gasteiger partial charge in [-0.3, -0.25) is 0 Å². The number of aliphatic hydroxyl groups is 3. The third-order valence-corrected chi connectivity index (χ3v) is 5.83. The lowest BCUT2D eigenvalue weighted by Crippen LogP contribution is -2.01. The van der Waals surface area contributed by atoms with Gasteiger partial charge in [-0.05, 0) is 53.8 Å². The standard InChI is InChI=1S/C25H28O8/c1-12-3-14(6-16-5-13(2)21(29)19(10-27)23(16)31)22(30)15(4-12)7-17-8-18(9-26)25(33)20(11-28)24(17)32/h3-5,8,26-33H,6-7,9-11H2,1-2H3. The van der Waals surface area contributed by atoms with E-state index in [1.54, 1.807) is 25.1 Å². The highest BCUT2D eigenvalue weighted by atomic mass is 16.3. The summed E-state index contributed by atoms with van der Waals surface area (Å²) in [5.41, 5.74) is 2.98. The van der Waals surface area contributed by atoms with E-state index in [9.17, 15) is 40.9 Å². The van der Waals surface area contributed by atoms with Gasteiger partial charge >= 0.3 is 0 Å². The molecular weight excluding hydrogens is 428 g/mol. The zero-order valence-electron chi connectivity index (χ0n) is 18.4. The summed E-state index contributed by atoms with van der Waals surface area (Å²) in [6.45, 7) is 1.80. The average Bonchev–Trinajstić information content (AvgIpc) is 2.77. The van der Waals surface area contributed by atoms with E-state index >= 15 is 0 Å². The van der Waals surface area contributed by atoms with Gasteiger partial charge in [0.1, 0.15) is 28.7 Å². The Balaban J connectivity index is 2.06. The van der Waals surface area contributed by atoms with E-state index in [0.717, 1.165) is 5.56 Å². The molecule has 3 rings (SSSR count). The second-order valence-electron chi connectivity index (χ2n) is 8.16. The zero-order chi connectivity index (χ0) is 24.4. The molecular formula is C25H28O8. The summed E-state index contributed by atoms with van der Waals surface area (Å²) in [6.07, 6.45) is 0.168. The highest BCUT2D eigenvalue weighted by Gasteiger charge is 2.20. The minimum absolute atomic E-state index is 0.0134. The van der Waals surface area contributed by atoms with Crippen molar-refractivity contribution in [2.75, 3.05) is 0 Å². The molecule has 0 spiro atoms. The van der Waals surface area contributed by atoms with Gasteiger partial charge in [-0.1, -0.05) is 17.7 Å². The number of aromatic hydroxyl groups is 5. The summed E-state index contributed by atoms with van der Waals surface area (Å²) in [5, 5.41) is 80.6. The fraction of sp³-hybridized carbons (Fsp3) is 0.280. The number of hydrogen-bond donors (Lipinski definition) is 8. The molecule has 0 heterocycles. The molecule has 0 atom stereocenters. The van der Waals surface area contributed by atoms with Crippen molar-refractivity contribution >= 4 is 0 Å². The highest BCUT2D eigenvalue weighted by molar-refractivity contribution is 5.58. The normalized spacial score (nSPS) is 11.2. The van der Waals surface area contributed by atoms with Crippen LogP contribution in [0, 0.1) is 13.8 Å². The van der Waals surface area contributed by atoms with Crippen LogP contribution in [0.2, 0.25) is 0 Å². The molecule has 0 aliphatic carbocycles. The first kappa shape index (κ1) is 24.2. The molecule has 0 bridgehead atoms. The molecule has 8 N–H and O–H groups in total. The van der Waals surface area contributed by atoms with Crippen LogP contribution in [-0.2, 0) is 32.7 Å². The molecule has 0 saturated carbocycles. The van der Waals surface area contributed by atoms with Gasteiger partial charge in [0, 0.05) is 18.4 Å². The summed E-state index contributed by atoms with van der Waals surface area (Å²) in [5.74, 6) is -1.21. The zero-order valence-corrected chi connectivity index (χ0v) is 18.4. The Hall–Kier alpha value is -3.46. The van der Waals surface area contributed by atoms with Crippen molar-refractivity contribution in [2.24, 2.45) is 0 Å². The predicted molar refractivity (Wildman–Crippen MR) is 121 cm³/mol. The Labute approximate surface area is 190 Å². The molecule has 8 heteroatoms. The van der Waals surface area contributed by atoms with Gasteiger partial charge in [0.25, 0.3) is 0 Å². The van der Waals surface area contributed by atoms with E-state index in [-0.39, 0.29) is 58.3 Å². The maximum absolute atomic E-state index is 11.0. The Morgan fingerprint density at radius 1 is 0.485 bits per heavy atom. The summed E-state index contributed by atoms with van der Waals surface area (Å²) in [7, 11) is 0. The molecule has 0 aromatic heterocycles. The van der Waals surface area contributed by atoms with Gasteiger partial charge in [0.15, 0.2) is 0 Å². The van der Waals surface area contributed by atoms with Gasteiger partial charge in [-0.2, -0.15) is 0 Å². The highest BCUT2D eigenvalue weighted by Crippen LogP contribution is 2.39. The van der Waals surface area contributed by atoms with E-state index in [4.69, 9.17) is 0 Å². The maximum Gasteiger partial charge on any atom is 0.130 e. The van der Waals surface area contributed by atoms with Crippen molar-refractivity contribution in [1.82, 2.24) is 0 Å². The van der Waals surface area contributed by atoms with Crippen molar-refractivity contribution < 1.29 is 40.9 Å². The first-order chi connectivity index (χ1) is 15.6. The van der Waals surface area contributed by atoms with Crippen molar-refractivity contribution in [1.29, 1.82) is 0 Å². The van der Waals surface area contributed by atoms with Crippen molar-refractivity contribution in [3.8, 4) is 28.7 Å². The lowest BCUT2D eigenvalue weighted by atomic mass is 9.92. The molecule has 3 aromatic rings. The lowest BCUT2D eigenvalue weighted by Gasteiger charge is -2.17. The Morgan fingerprint density at radius 3 is 1.39 bits per heavy atom. The number of hydrogen-bond acceptors (Lipinski definition) is 8. The number of phenolic OH excluding ortho intramolecular Hbond substituents is 1. The van der Waals surface area contributed by atoms with Gasteiger partial charge < -0.3 is 40.9 Å². The topological polar surface area (TPSA) is 162 Å². The van der Waals surface area contributed by atoms with Crippen LogP contribution in [0.15, 0.2) is 24.3 Å². The minimum atomic E-state index is -0.629. The third kappa shape index (κ3) is 4.54. The second-order valence-corrected chi connectivity index (χ2v) is 8.16. The maximum atomic E-state index is 11.0. The molecule has 0 unspecified atom stereocenters. The lowest BCUT2D eigenvalue weighted by molar-refractivity contribution is 0.258. The Morgan fingerprint density at radius 2 is 0.909 bits per heavy atom. The smallest absolute Gasteiger partial charge is 0.130 e. The van der Waals surface area contributed by atoms with E-state index < -0.39 is 19.8 Å². The number of aliphatic hydroxyl groups excluding tert-OH is 3. The summed E-state index contributed by atoms with van der Waals surface area (Å²) in [6, 6.07) is 6.46. The Kier molecular flexibility index (Phi) is 7.02. The molecule has 33 heavy (non-hydrogen) atoms. The number of rotatable bonds is 7. The second kappa shape index (κ2) is 9.58. The molecule has 8 nitrogen and oxygen atoms in total. The first-order valence-electron chi connectivity index (χ1n) is 10.4. The summed E-state index contributed by atoms with van der Waals surface area (Å²) >= 11 is 0. The van der Waals surface area contributed by atoms with E-state index in [0.29, 0.717) is 27.8 Å². The van der Waals surface area contributed by atoms with Crippen molar-refractivity contribution in [2.45, 2.75) is 46.5 Å². The number of phenols is 5. The third-order valence-electron chi connectivity index (χ3n) is 5.83. The van der Waals surface area contributed by atoms with E-state index in [1.807, 2.05) is 6.92 Å². The van der Waals surface area contributed by atoms with Gasteiger partial charge in [0.05, 0.1) is 30.9 Å². The molecule has 176 valence electrons. The van der Waals surface area contributed by atoms with E-state index in [1.165, 1.54) is 6.07 Å². The minimum Gasteiger partial charge on any atom is -0.507 e. The van der Waals surface area contributed by atoms with Gasteiger partial charge in [0.2, 0.25) is 0 Å².